The zero-order chi connectivity index (χ0) is 10.0. The Kier molecular flexibility index (Phi) is 2.93. The van der Waals surface area contributed by atoms with Crippen LogP contribution in [0, 0.1) is 5.82 Å². The van der Waals surface area contributed by atoms with Gasteiger partial charge in [-0.15, -0.1) is 0 Å². The molecule has 0 fully saturated rings. The molecule has 1 atom stereocenters. The highest BCUT2D eigenvalue weighted by Gasteiger charge is 2.12. The van der Waals surface area contributed by atoms with E-state index in [9.17, 15) is 13.2 Å². The zero-order valence-corrected chi connectivity index (χ0v) is 7.10. The molecule has 0 spiro atoms. The number of benzene rings is 1. The standard InChI is InChI=1S/C9H10F3N/c1-5(13)7-3-2-6(9(11)12)4-8(7)10/h2-5,9H,13H2,1H3/t5-/m0/s1. The Morgan fingerprint density at radius 3 is 2.31 bits per heavy atom. The number of nitrogens with two attached hydrogens (primary N) is 1. The van der Waals surface area contributed by atoms with Gasteiger partial charge >= 0.3 is 0 Å². The van der Waals surface area contributed by atoms with E-state index in [0.29, 0.717) is 0 Å². The Hall–Kier alpha value is -1.03. The predicted octanol–water partition coefficient (Wildman–Crippen LogP) is 2.78. The molecule has 4 heteroatoms. The second-order valence-electron chi connectivity index (χ2n) is 2.87. The lowest BCUT2D eigenvalue weighted by atomic mass is 10.1. The topological polar surface area (TPSA) is 26.0 Å². The normalized spacial score (nSPS) is 13.4. The minimum atomic E-state index is -2.64. The van der Waals surface area contributed by atoms with Crippen LogP contribution < -0.4 is 5.73 Å². The van der Waals surface area contributed by atoms with E-state index in [2.05, 4.69) is 0 Å². The summed E-state index contributed by atoms with van der Waals surface area (Å²) in [6.07, 6.45) is -2.64. The van der Waals surface area contributed by atoms with E-state index in [0.717, 1.165) is 6.07 Å². The van der Waals surface area contributed by atoms with Gasteiger partial charge in [-0.1, -0.05) is 12.1 Å². The fraction of sp³-hybridized carbons (Fsp3) is 0.333. The molecule has 1 nitrogen and oxygen atoms in total. The molecule has 0 saturated carbocycles. The van der Waals surface area contributed by atoms with Gasteiger partial charge in [0.2, 0.25) is 0 Å². The van der Waals surface area contributed by atoms with Crippen LogP contribution in [0.15, 0.2) is 18.2 Å². The van der Waals surface area contributed by atoms with Crippen molar-refractivity contribution >= 4 is 0 Å². The molecule has 2 N–H and O–H groups in total. The Morgan fingerprint density at radius 1 is 1.31 bits per heavy atom. The maximum absolute atomic E-state index is 13.0. The summed E-state index contributed by atoms with van der Waals surface area (Å²) < 4.78 is 37.2. The predicted molar refractivity (Wildman–Crippen MR) is 44.0 cm³/mol. The number of alkyl halides is 2. The first-order valence-electron chi connectivity index (χ1n) is 3.85. The molecule has 0 heterocycles. The first kappa shape index (κ1) is 10.1. The summed E-state index contributed by atoms with van der Waals surface area (Å²) in [4.78, 5) is 0. The molecule has 0 unspecified atom stereocenters. The fourth-order valence-corrected chi connectivity index (χ4v) is 1.05. The summed E-state index contributed by atoms with van der Waals surface area (Å²) in [6, 6.07) is 2.82. The third kappa shape index (κ3) is 2.21. The van der Waals surface area contributed by atoms with Crippen LogP contribution in [0.3, 0.4) is 0 Å². The van der Waals surface area contributed by atoms with E-state index >= 15 is 0 Å². The first-order chi connectivity index (χ1) is 6.02. The average molecular weight is 189 g/mol. The molecule has 1 aromatic rings. The quantitative estimate of drug-likeness (QED) is 0.760. The van der Waals surface area contributed by atoms with Gasteiger partial charge in [0, 0.05) is 17.2 Å². The van der Waals surface area contributed by atoms with Crippen LogP contribution in [0.5, 0.6) is 0 Å². The molecule has 1 rings (SSSR count). The van der Waals surface area contributed by atoms with Crippen molar-refractivity contribution in [2.75, 3.05) is 0 Å². The van der Waals surface area contributed by atoms with Crippen molar-refractivity contribution in [2.24, 2.45) is 5.73 Å². The fourth-order valence-electron chi connectivity index (χ4n) is 1.05. The van der Waals surface area contributed by atoms with Crippen LogP contribution in [-0.4, -0.2) is 0 Å². The summed E-state index contributed by atoms with van der Waals surface area (Å²) in [5.74, 6) is -0.673. The molecule has 13 heavy (non-hydrogen) atoms. The molecule has 0 amide bonds. The van der Waals surface area contributed by atoms with Gasteiger partial charge in [0.15, 0.2) is 0 Å². The van der Waals surface area contributed by atoms with E-state index in [-0.39, 0.29) is 11.1 Å². The molecular weight excluding hydrogens is 179 g/mol. The van der Waals surface area contributed by atoms with Gasteiger partial charge in [-0.25, -0.2) is 13.2 Å². The van der Waals surface area contributed by atoms with E-state index < -0.39 is 18.3 Å². The number of hydrogen-bond acceptors (Lipinski definition) is 1. The van der Waals surface area contributed by atoms with Crippen molar-refractivity contribution in [1.29, 1.82) is 0 Å². The number of rotatable bonds is 2. The Morgan fingerprint density at radius 2 is 1.92 bits per heavy atom. The Bertz CT molecular complexity index is 297. The third-order valence-electron chi connectivity index (χ3n) is 1.77. The highest BCUT2D eigenvalue weighted by atomic mass is 19.3. The highest BCUT2D eigenvalue weighted by molar-refractivity contribution is 5.26. The lowest BCUT2D eigenvalue weighted by Crippen LogP contribution is -2.07. The third-order valence-corrected chi connectivity index (χ3v) is 1.77. The monoisotopic (exact) mass is 189 g/mol. The molecule has 0 aliphatic heterocycles. The average Bonchev–Trinajstić information content (AvgIpc) is 2.03. The van der Waals surface area contributed by atoms with Gasteiger partial charge in [0.1, 0.15) is 5.82 Å². The Balaban J connectivity index is 3.06. The van der Waals surface area contributed by atoms with Crippen LogP contribution in [0.1, 0.15) is 30.5 Å². The van der Waals surface area contributed by atoms with Crippen LogP contribution >= 0.6 is 0 Å². The van der Waals surface area contributed by atoms with Crippen molar-refractivity contribution < 1.29 is 13.2 Å². The maximum atomic E-state index is 13.0. The van der Waals surface area contributed by atoms with Gasteiger partial charge in [-0.2, -0.15) is 0 Å². The molecule has 72 valence electrons. The SMILES string of the molecule is C[C@H](N)c1ccc(C(F)F)cc1F. The van der Waals surface area contributed by atoms with Crippen molar-refractivity contribution in [3.63, 3.8) is 0 Å². The zero-order valence-electron chi connectivity index (χ0n) is 7.10. The van der Waals surface area contributed by atoms with Gasteiger partial charge < -0.3 is 5.73 Å². The molecule has 0 saturated heterocycles. The second kappa shape index (κ2) is 3.79. The maximum Gasteiger partial charge on any atom is 0.263 e. The van der Waals surface area contributed by atoms with Crippen molar-refractivity contribution in [2.45, 2.75) is 19.4 Å². The highest BCUT2D eigenvalue weighted by Crippen LogP contribution is 2.23. The lowest BCUT2D eigenvalue weighted by molar-refractivity contribution is 0.151. The van der Waals surface area contributed by atoms with Gasteiger partial charge in [0.25, 0.3) is 6.43 Å². The van der Waals surface area contributed by atoms with Crippen molar-refractivity contribution in [3.8, 4) is 0 Å². The lowest BCUT2D eigenvalue weighted by Gasteiger charge is -2.08. The van der Waals surface area contributed by atoms with E-state index in [1.165, 1.54) is 12.1 Å². The Labute approximate surface area is 74.4 Å². The summed E-state index contributed by atoms with van der Waals surface area (Å²) >= 11 is 0. The van der Waals surface area contributed by atoms with E-state index in [4.69, 9.17) is 5.73 Å². The molecule has 0 aliphatic carbocycles. The molecule has 0 aromatic heterocycles. The molecular formula is C9H10F3N. The summed E-state index contributed by atoms with van der Waals surface area (Å²) in [6.45, 7) is 1.60. The largest absolute Gasteiger partial charge is 0.324 e. The van der Waals surface area contributed by atoms with Gasteiger partial charge in [0.05, 0.1) is 0 Å². The van der Waals surface area contributed by atoms with Crippen molar-refractivity contribution in [3.05, 3.63) is 35.1 Å². The summed E-state index contributed by atoms with van der Waals surface area (Å²) in [5.41, 5.74) is 5.35. The summed E-state index contributed by atoms with van der Waals surface area (Å²) in [5, 5.41) is 0. The van der Waals surface area contributed by atoms with Gasteiger partial charge in [-0.3, -0.25) is 0 Å². The molecule has 0 bridgehead atoms. The smallest absolute Gasteiger partial charge is 0.263 e. The first-order valence-corrected chi connectivity index (χ1v) is 3.85. The summed E-state index contributed by atoms with van der Waals surface area (Å²) in [7, 11) is 0. The molecule has 1 aromatic carbocycles. The second-order valence-corrected chi connectivity index (χ2v) is 2.87. The number of hydrogen-bond donors (Lipinski definition) is 1. The van der Waals surface area contributed by atoms with Crippen LogP contribution in [0.4, 0.5) is 13.2 Å². The molecule has 0 aliphatic rings. The number of halogens is 3. The molecule has 0 radical (unpaired) electrons. The van der Waals surface area contributed by atoms with Crippen molar-refractivity contribution in [1.82, 2.24) is 0 Å². The minimum Gasteiger partial charge on any atom is -0.324 e. The van der Waals surface area contributed by atoms with E-state index in [1.54, 1.807) is 6.92 Å². The van der Waals surface area contributed by atoms with Crippen LogP contribution in [0.25, 0.3) is 0 Å². The van der Waals surface area contributed by atoms with Crippen LogP contribution in [-0.2, 0) is 0 Å². The minimum absolute atomic E-state index is 0.254. The van der Waals surface area contributed by atoms with Gasteiger partial charge in [-0.05, 0) is 13.0 Å². The van der Waals surface area contributed by atoms with Crippen LogP contribution in [0.2, 0.25) is 0 Å². The van der Waals surface area contributed by atoms with E-state index in [1.807, 2.05) is 0 Å².